The summed E-state index contributed by atoms with van der Waals surface area (Å²) in [5.74, 6) is -0.247. The Kier molecular flexibility index (Phi) is 3.12. The van der Waals surface area contributed by atoms with Gasteiger partial charge in [-0.25, -0.2) is 0 Å². The van der Waals surface area contributed by atoms with Crippen LogP contribution in [0.4, 0.5) is 0 Å². The fourth-order valence-electron chi connectivity index (χ4n) is 2.78. The van der Waals surface area contributed by atoms with E-state index in [1.54, 1.807) is 0 Å². The Morgan fingerprint density at radius 3 is 3.00 bits per heavy atom. The molecule has 2 aliphatic rings. The Morgan fingerprint density at radius 2 is 2.18 bits per heavy atom. The third-order valence-corrected chi connectivity index (χ3v) is 5.20. The molecule has 0 spiro atoms. The molecule has 2 aliphatic heterocycles. The van der Waals surface area contributed by atoms with E-state index in [4.69, 9.17) is 13.8 Å². The number of ether oxygens (including phenoxy) is 1. The molecule has 2 aromatic rings. The Labute approximate surface area is 125 Å². The molecule has 0 aromatic carbocycles. The summed E-state index contributed by atoms with van der Waals surface area (Å²) in [7, 11) is -1.74. The second kappa shape index (κ2) is 4.82. The van der Waals surface area contributed by atoms with E-state index in [0.29, 0.717) is 5.65 Å². The molecule has 0 aliphatic carbocycles. The number of hydrogen-bond donors (Lipinski definition) is 3. The van der Waals surface area contributed by atoms with Crippen LogP contribution in [0, 0.1) is 0 Å². The van der Waals surface area contributed by atoms with Gasteiger partial charge in [-0.2, -0.15) is 0 Å². The van der Waals surface area contributed by atoms with Gasteiger partial charge >= 0.3 is 125 Å². The first-order valence-electron chi connectivity index (χ1n) is 6.70. The first kappa shape index (κ1) is 14.3. The SMILES string of the molecule is B[PH]1(O)OC[C@H]2O[C@@H](n3cnc4c(O)ncnc43)C(O)[C@@H]2O1. The molecular formula is C10H14BN4O6P. The number of aromatic hydroxyl groups is 1. The van der Waals surface area contributed by atoms with E-state index >= 15 is 0 Å². The Hall–Kier alpha value is -1.36. The number of imidazole rings is 1. The van der Waals surface area contributed by atoms with E-state index in [0.717, 1.165) is 0 Å². The van der Waals surface area contributed by atoms with Gasteiger partial charge in [-0.15, -0.1) is 0 Å². The standard InChI is InChI=1S/C10H14BN4O6P/c11-22(18)19-1-4-7(21-22)6(16)10(20-4)15-3-14-5-8(15)12-2-13-9(5)17/h2-4,6-7,10,16,18,22H,1,11H2,(H,12,13,17)/t4-,6?,7-,10-/m1/s1. The maximum atomic E-state index is 10.5. The van der Waals surface area contributed by atoms with Crippen molar-refractivity contribution in [3.05, 3.63) is 12.7 Å². The van der Waals surface area contributed by atoms with Crippen molar-refractivity contribution in [2.24, 2.45) is 0 Å². The number of fused-ring (bicyclic) bond motifs is 2. The first-order chi connectivity index (χ1) is 10.5. The molecule has 10 nitrogen and oxygen atoms in total. The molecule has 0 saturated carbocycles. The van der Waals surface area contributed by atoms with Crippen LogP contribution in [0.5, 0.6) is 5.88 Å². The molecule has 4 rings (SSSR count). The zero-order valence-electron chi connectivity index (χ0n) is 11.5. The number of rotatable bonds is 1. The average Bonchev–Trinajstić information content (AvgIpc) is 3.01. The van der Waals surface area contributed by atoms with Crippen LogP contribution < -0.4 is 0 Å². The van der Waals surface area contributed by atoms with Crippen LogP contribution in [0.3, 0.4) is 0 Å². The third-order valence-electron chi connectivity index (χ3n) is 3.79. The summed E-state index contributed by atoms with van der Waals surface area (Å²) in [6.07, 6.45) is -0.417. The fraction of sp³-hybridized carbons (Fsp3) is 0.500. The van der Waals surface area contributed by atoms with Gasteiger partial charge in [0.1, 0.15) is 0 Å². The summed E-state index contributed by atoms with van der Waals surface area (Å²) >= 11 is 0. The Bertz CT molecular complexity index is 729. The number of nitrogens with zero attached hydrogens (tertiary/aromatic N) is 4. The van der Waals surface area contributed by atoms with Gasteiger partial charge in [0.15, 0.2) is 0 Å². The number of aliphatic hydroxyl groups excluding tert-OH is 1. The van der Waals surface area contributed by atoms with Crippen molar-refractivity contribution in [3.63, 3.8) is 0 Å². The molecule has 0 bridgehead atoms. The van der Waals surface area contributed by atoms with Gasteiger partial charge in [0, 0.05) is 0 Å². The van der Waals surface area contributed by atoms with Crippen LogP contribution >= 0.6 is 7.82 Å². The normalized spacial score (nSPS) is 35.4. The van der Waals surface area contributed by atoms with Gasteiger partial charge in [0.2, 0.25) is 0 Å². The second-order valence-corrected chi connectivity index (χ2v) is 7.69. The summed E-state index contributed by atoms with van der Waals surface area (Å²) in [6, 6.07) is 0. The Morgan fingerprint density at radius 1 is 1.36 bits per heavy atom. The number of aromatic nitrogens is 4. The van der Waals surface area contributed by atoms with Crippen molar-refractivity contribution >= 4 is 26.6 Å². The van der Waals surface area contributed by atoms with Gasteiger partial charge in [-0.05, 0) is 0 Å². The predicted octanol–water partition coefficient (Wildman–Crippen LogP) is -1.76. The van der Waals surface area contributed by atoms with Crippen molar-refractivity contribution in [1.82, 2.24) is 19.5 Å². The summed E-state index contributed by atoms with van der Waals surface area (Å²) in [5, 5.41) is 20.1. The predicted molar refractivity (Wildman–Crippen MR) is 76.8 cm³/mol. The van der Waals surface area contributed by atoms with Crippen LogP contribution in [0.2, 0.25) is 0 Å². The van der Waals surface area contributed by atoms with E-state index in [1.165, 1.54) is 24.8 Å². The van der Waals surface area contributed by atoms with Gasteiger partial charge in [-0.1, -0.05) is 0 Å². The van der Waals surface area contributed by atoms with E-state index < -0.39 is 32.4 Å². The first-order valence-corrected chi connectivity index (χ1v) is 8.97. The molecule has 118 valence electrons. The third kappa shape index (κ3) is 2.09. The number of hydrogen-bond acceptors (Lipinski definition) is 9. The van der Waals surface area contributed by atoms with Crippen molar-refractivity contribution in [2.75, 3.05) is 6.61 Å². The molecule has 12 heteroatoms. The van der Waals surface area contributed by atoms with Crippen LogP contribution in [0.15, 0.2) is 12.7 Å². The molecule has 0 amide bonds. The van der Waals surface area contributed by atoms with E-state index in [9.17, 15) is 15.1 Å². The topological polar surface area (TPSA) is 132 Å². The molecule has 22 heavy (non-hydrogen) atoms. The van der Waals surface area contributed by atoms with Gasteiger partial charge in [0.25, 0.3) is 0 Å². The summed E-state index contributed by atoms with van der Waals surface area (Å²) in [5.41, 5.74) is 0.548. The molecule has 2 saturated heterocycles. The molecule has 1 unspecified atom stereocenters. The molecular weight excluding hydrogens is 314 g/mol. The van der Waals surface area contributed by atoms with Gasteiger partial charge in [0.05, 0.1) is 0 Å². The molecule has 3 N–H and O–H groups in total. The summed E-state index contributed by atoms with van der Waals surface area (Å²) in [6.45, 7) is 0.143. The van der Waals surface area contributed by atoms with Crippen LogP contribution in [0.25, 0.3) is 11.2 Å². The van der Waals surface area contributed by atoms with Gasteiger partial charge < -0.3 is 0 Å². The minimum atomic E-state index is -3.23. The van der Waals surface area contributed by atoms with Crippen molar-refractivity contribution in [1.29, 1.82) is 0 Å². The quantitative estimate of drug-likeness (QED) is 0.411. The van der Waals surface area contributed by atoms with Gasteiger partial charge in [-0.3, -0.25) is 0 Å². The molecule has 4 heterocycles. The average molecular weight is 328 g/mol. The molecule has 2 fully saturated rings. The second-order valence-electron chi connectivity index (χ2n) is 5.37. The molecule has 4 atom stereocenters. The van der Waals surface area contributed by atoms with Crippen molar-refractivity contribution in [3.8, 4) is 5.88 Å². The van der Waals surface area contributed by atoms with Crippen LogP contribution in [-0.4, -0.2) is 67.1 Å². The van der Waals surface area contributed by atoms with E-state index in [2.05, 4.69) is 15.0 Å². The zero-order chi connectivity index (χ0) is 15.5. The monoisotopic (exact) mass is 328 g/mol. The zero-order valence-corrected chi connectivity index (χ0v) is 12.5. The fourth-order valence-corrected chi connectivity index (χ4v) is 4.12. The van der Waals surface area contributed by atoms with E-state index in [1.807, 2.05) is 0 Å². The Balaban J connectivity index is 1.70. The van der Waals surface area contributed by atoms with Crippen molar-refractivity contribution in [2.45, 2.75) is 24.5 Å². The molecule has 0 radical (unpaired) electrons. The number of aliphatic hydroxyl groups is 1. The minimum absolute atomic E-state index is 0.143. The summed E-state index contributed by atoms with van der Waals surface area (Å²) < 4.78 is 18.0. The van der Waals surface area contributed by atoms with E-state index in [-0.39, 0.29) is 18.0 Å². The van der Waals surface area contributed by atoms with Crippen LogP contribution in [0.1, 0.15) is 6.23 Å². The van der Waals surface area contributed by atoms with Crippen molar-refractivity contribution < 1.29 is 28.9 Å². The maximum absolute atomic E-state index is 10.5. The van der Waals surface area contributed by atoms with Crippen LogP contribution in [-0.2, 0) is 13.8 Å². The summed E-state index contributed by atoms with van der Waals surface area (Å²) in [4.78, 5) is 21.6. The molecule has 2 aromatic heterocycles.